The first kappa shape index (κ1) is 33.3. The quantitative estimate of drug-likeness (QED) is 0.0895. The van der Waals surface area contributed by atoms with Crippen molar-refractivity contribution in [3.05, 3.63) is 59.7 Å². The maximum Gasteiger partial charge on any atom is 0.0636 e. The van der Waals surface area contributed by atoms with E-state index in [0.29, 0.717) is 0 Å². The van der Waals surface area contributed by atoms with Crippen LogP contribution in [0.4, 0.5) is 11.4 Å². The summed E-state index contributed by atoms with van der Waals surface area (Å²) in [4.78, 5) is 9.95. The summed E-state index contributed by atoms with van der Waals surface area (Å²) in [6.45, 7) is 6.81. The van der Waals surface area contributed by atoms with Gasteiger partial charge in [0.05, 0.1) is 17.1 Å². The summed E-state index contributed by atoms with van der Waals surface area (Å²) in [5, 5.41) is 0. The molecule has 0 aliphatic rings. The molecule has 0 saturated heterocycles. The van der Waals surface area contributed by atoms with Crippen LogP contribution >= 0.6 is 0 Å². The molecule has 0 fully saturated rings. The van der Waals surface area contributed by atoms with Crippen molar-refractivity contribution in [2.24, 2.45) is 9.98 Å². The molecule has 2 rings (SSSR count). The molecule has 0 spiro atoms. The van der Waals surface area contributed by atoms with E-state index in [4.69, 9.17) is 9.98 Å². The Kier molecular flexibility index (Phi) is 20.0. The van der Waals surface area contributed by atoms with E-state index in [2.05, 4.69) is 69.3 Å². The van der Waals surface area contributed by atoms with Gasteiger partial charge in [0.1, 0.15) is 0 Å². The van der Waals surface area contributed by atoms with Crippen molar-refractivity contribution in [2.45, 2.75) is 130 Å². The fraction of sp³-hybridized carbons (Fsp3) is 0.588. The van der Waals surface area contributed by atoms with Crippen LogP contribution in [-0.2, 0) is 29.3 Å². The fourth-order valence-electron chi connectivity index (χ4n) is 4.64. The predicted octanol–water partition coefficient (Wildman–Crippen LogP) is 11.2. The summed E-state index contributed by atoms with van der Waals surface area (Å²) >= 11 is 0. The second-order valence-corrected chi connectivity index (χ2v) is 10.3. The van der Waals surface area contributed by atoms with Gasteiger partial charge in [-0.25, -0.2) is 0 Å². The number of rotatable bonds is 20. The van der Waals surface area contributed by atoms with Gasteiger partial charge >= 0.3 is 0 Å². The minimum atomic E-state index is 0. The number of unbranched alkanes of at least 4 members (excludes halogenated alkanes) is 11. The summed E-state index contributed by atoms with van der Waals surface area (Å²) in [6, 6.07) is 17.6. The molecule has 37 heavy (non-hydrogen) atoms. The van der Waals surface area contributed by atoms with E-state index in [1.807, 2.05) is 6.21 Å². The average molecular weight is 547 g/mol. The van der Waals surface area contributed by atoms with E-state index in [-0.39, 0.29) is 16.5 Å². The first-order chi connectivity index (χ1) is 17.7. The van der Waals surface area contributed by atoms with Crippen molar-refractivity contribution < 1.29 is 16.5 Å². The van der Waals surface area contributed by atoms with Crippen LogP contribution in [0.2, 0.25) is 0 Å². The summed E-state index contributed by atoms with van der Waals surface area (Å²) in [7, 11) is 0. The molecule has 0 aliphatic heterocycles. The molecular weight excluding hydrogens is 495 g/mol. The molecule has 0 atom stereocenters. The van der Waals surface area contributed by atoms with Crippen LogP contribution in [-0.4, -0.2) is 11.9 Å². The summed E-state index contributed by atoms with van der Waals surface area (Å²) in [5.41, 5.74) is 6.01. The Morgan fingerprint density at radius 2 is 1.08 bits per heavy atom. The molecular formula is C34H52N2Ni. The molecule has 0 aromatic heterocycles. The van der Waals surface area contributed by atoms with E-state index >= 15 is 0 Å². The Morgan fingerprint density at radius 3 is 1.68 bits per heavy atom. The standard InChI is InChI=1S/C34H52N2.Ni/c1-4-7-10-13-14-17-24-34(36-33-26-19-23-31(28-33)21-16-12-9-6-3)29-35-32-25-18-22-30(27-32)20-15-11-8-5-2;/h18-19,22-23,25-29H,4-17,20-21,24H2,1-3H3;/b35-29+,36-34+;. The summed E-state index contributed by atoms with van der Waals surface area (Å²) in [5.74, 6) is 0. The van der Waals surface area contributed by atoms with Crippen molar-refractivity contribution in [3.8, 4) is 0 Å². The molecule has 2 aromatic rings. The first-order valence-corrected chi connectivity index (χ1v) is 15.0. The molecule has 208 valence electrons. The molecule has 2 nitrogen and oxygen atoms in total. The molecule has 0 unspecified atom stereocenters. The number of hydrogen-bond donors (Lipinski definition) is 0. The molecule has 2 aromatic carbocycles. The molecule has 0 heterocycles. The second-order valence-electron chi connectivity index (χ2n) is 10.3. The molecule has 0 amide bonds. The van der Waals surface area contributed by atoms with Crippen molar-refractivity contribution in [2.75, 3.05) is 0 Å². The van der Waals surface area contributed by atoms with Crippen LogP contribution < -0.4 is 0 Å². The van der Waals surface area contributed by atoms with Gasteiger partial charge < -0.3 is 0 Å². The van der Waals surface area contributed by atoms with E-state index in [1.165, 1.54) is 101 Å². The average Bonchev–Trinajstić information content (AvgIpc) is 2.90. The minimum absolute atomic E-state index is 0. The third-order valence-electron chi connectivity index (χ3n) is 6.88. The van der Waals surface area contributed by atoms with E-state index < -0.39 is 0 Å². The normalized spacial score (nSPS) is 11.7. The fourth-order valence-corrected chi connectivity index (χ4v) is 4.64. The Morgan fingerprint density at radius 1 is 0.595 bits per heavy atom. The Hall–Kier alpha value is -1.73. The molecule has 0 radical (unpaired) electrons. The van der Waals surface area contributed by atoms with Gasteiger partial charge in [-0.1, -0.05) is 116 Å². The van der Waals surface area contributed by atoms with Gasteiger partial charge in [0.2, 0.25) is 0 Å². The van der Waals surface area contributed by atoms with Gasteiger partial charge in [0.25, 0.3) is 0 Å². The number of aryl methyl sites for hydroxylation is 2. The van der Waals surface area contributed by atoms with Crippen LogP contribution in [0.15, 0.2) is 58.5 Å². The number of benzene rings is 2. The Labute approximate surface area is 238 Å². The SMILES string of the molecule is CCCCCCCCC(/C=N/c1cccc(CCCCCC)c1)=N\c1cccc(CCCCCC)c1.[Ni]. The van der Waals surface area contributed by atoms with E-state index in [0.717, 1.165) is 36.3 Å². The zero-order valence-corrected chi connectivity index (χ0v) is 24.9. The first-order valence-electron chi connectivity index (χ1n) is 15.0. The van der Waals surface area contributed by atoms with Crippen LogP contribution in [0.5, 0.6) is 0 Å². The molecule has 0 bridgehead atoms. The maximum atomic E-state index is 5.07. The summed E-state index contributed by atoms with van der Waals surface area (Å²) in [6.07, 6.45) is 23.5. The Bertz CT molecular complexity index is 887. The van der Waals surface area contributed by atoms with E-state index in [9.17, 15) is 0 Å². The largest absolute Gasteiger partial charge is 0.255 e. The smallest absolute Gasteiger partial charge is 0.0636 e. The van der Waals surface area contributed by atoms with Crippen LogP contribution in [0.3, 0.4) is 0 Å². The zero-order chi connectivity index (χ0) is 25.7. The van der Waals surface area contributed by atoms with Crippen molar-refractivity contribution in [1.29, 1.82) is 0 Å². The second kappa shape index (κ2) is 22.3. The van der Waals surface area contributed by atoms with E-state index in [1.54, 1.807) is 0 Å². The van der Waals surface area contributed by atoms with Crippen LogP contribution in [0, 0.1) is 0 Å². The maximum absolute atomic E-state index is 5.07. The van der Waals surface area contributed by atoms with Gasteiger partial charge in [0.15, 0.2) is 0 Å². The van der Waals surface area contributed by atoms with Crippen molar-refractivity contribution in [1.82, 2.24) is 0 Å². The van der Waals surface area contributed by atoms with Crippen LogP contribution in [0.25, 0.3) is 0 Å². The number of hydrogen-bond acceptors (Lipinski definition) is 2. The van der Waals surface area contributed by atoms with Gasteiger partial charge in [-0.15, -0.1) is 0 Å². The molecule has 0 saturated carbocycles. The molecule has 3 heteroatoms. The number of nitrogens with zero attached hydrogens (tertiary/aromatic N) is 2. The molecule has 0 N–H and O–H groups in total. The van der Waals surface area contributed by atoms with Gasteiger partial charge in [-0.2, -0.15) is 0 Å². The third kappa shape index (κ3) is 16.0. The minimum Gasteiger partial charge on any atom is -0.255 e. The van der Waals surface area contributed by atoms with Crippen LogP contribution in [0.1, 0.15) is 128 Å². The topological polar surface area (TPSA) is 24.7 Å². The van der Waals surface area contributed by atoms with Gasteiger partial charge in [0, 0.05) is 22.7 Å². The predicted molar refractivity (Wildman–Crippen MR) is 162 cm³/mol. The van der Waals surface area contributed by atoms with Crippen molar-refractivity contribution in [3.63, 3.8) is 0 Å². The third-order valence-corrected chi connectivity index (χ3v) is 6.88. The number of aliphatic imine (C=N–C) groups is 2. The summed E-state index contributed by atoms with van der Waals surface area (Å²) < 4.78 is 0. The van der Waals surface area contributed by atoms with Gasteiger partial charge in [-0.3, -0.25) is 9.98 Å². The molecule has 0 aliphatic carbocycles. The monoisotopic (exact) mass is 546 g/mol. The zero-order valence-electron chi connectivity index (χ0n) is 23.9. The Balaban J connectivity index is 0.00000684. The van der Waals surface area contributed by atoms with Crippen molar-refractivity contribution >= 4 is 23.3 Å². The van der Waals surface area contributed by atoms with Gasteiger partial charge in [-0.05, 0) is 73.9 Å².